The highest BCUT2D eigenvalue weighted by molar-refractivity contribution is 7.89. The number of anilines is 1. The van der Waals surface area contributed by atoms with Crippen molar-refractivity contribution >= 4 is 38.2 Å². The van der Waals surface area contributed by atoms with Gasteiger partial charge in [-0.1, -0.05) is 13.3 Å². The third-order valence-corrected chi connectivity index (χ3v) is 10.2. The first kappa shape index (κ1) is 26.8. The van der Waals surface area contributed by atoms with Crippen molar-refractivity contribution < 1.29 is 18.0 Å². The van der Waals surface area contributed by atoms with E-state index < -0.39 is 10.0 Å². The molecule has 2 aliphatic heterocycles. The number of fused-ring (bicyclic) bond motifs is 1. The molecule has 0 saturated carbocycles. The van der Waals surface area contributed by atoms with E-state index >= 15 is 0 Å². The van der Waals surface area contributed by atoms with Gasteiger partial charge in [-0.25, -0.2) is 8.42 Å². The first-order chi connectivity index (χ1) is 17.3. The van der Waals surface area contributed by atoms with Crippen LogP contribution in [-0.4, -0.2) is 73.6 Å². The molecule has 0 unspecified atom stereocenters. The van der Waals surface area contributed by atoms with Gasteiger partial charge < -0.3 is 10.2 Å². The van der Waals surface area contributed by atoms with Crippen LogP contribution in [0.5, 0.6) is 0 Å². The molecule has 1 fully saturated rings. The topological polar surface area (TPSA) is 90.0 Å². The molecule has 0 atom stereocenters. The predicted octanol–water partition coefficient (Wildman–Crippen LogP) is 4.04. The van der Waals surface area contributed by atoms with E-state index in [0.29, 0.717) is 42.3 Å². The molecular formula is C26H36N4O4S2. The van der Waals surface area contributed by atoms with E-state index in [2.05, 4.69) is 17.1 Å². The largest absolute Gasteiger partial charge is 0.339 e. The second kappa shape index (κ2) is 11.4. The van der Waals surface area contributed by atoms with Crippen LogP contribution in [0.2, 0.25) is 0 Å². The van der Waals surface area contributed by atoms with Gasteiger partial charge in [0.2, 0.25) is 10.0 Å². The van der Waals surface area contributed by atoms with Crippen LogP contribution >= 0.6 is 11.3 Å². The second-order valence-electron chi connectivity index (χ2n) is 9.25. The van der Waals surface area contributed by atoms with Crippen LogP contribution in [0.4, 0.5) is 5.00 Å². The van der Waals surface area contributed by atoms with Crippen molar-refractivity contribution in [2.24, 2.45) is 0 Å². The number of nitrogens with one attached hydrogen (secondary N) is 1. The summed E-state index contributed by atoms with van der Waals surface area (Å²) in [4.78, 5) is 32.1. The summed E-state index contributed by atoms with van der Waals surface area (Å²) < 4.78 is 27.4. The van der Waals surface area contributed by atoms with Gasteiger partial charge in [0.15, 0.2) is 0 Å². The molecule has 0 bridgehead atoms. The summed E-state index contributed by atoms with van der Waals surface area (Å²) in [5, 5.41) is 3.55. The molecule has 4 rings (SSSR count). The molecule has 1 saturated heterocycles. The average Bonchev–Trinajstić information content (AvgIpc) is 3.26. The van der Waals surface area contributed by atoms with Gasteiger partial charge in [-0.3, -0.25) is 14.5 Å². The molecule has 1 aromatic carbocycles. The molecule has 196 valence electrons. The molecule has 10 heteroatoms. The summed E-state index contributed by atoms with van der Waals surface area (Å²) in [7, 11) is -3.56. The Balaban J connectivity index is 1.59. The third-order valence-electron chi connectivity index (χ3n) is 7.14. The minimum absolute atomic E-state index is 0.0549. The monoisotopic (exact) mass is 532 g/mol. The van der Waals surface area contributed by atoms with Crippen molar-refractivity contribution in [3.05, 3.63) is 45.8 Å². The average molecular weight is 533 g/mol. The summed E-state index contributed by atoms with van der Waals surface area (Å²) in [5.41, 5.74) is 2.00. The molecule has 3 heterocycles. The highest BCUT2D eigenvalue weighted by atomic mass is 32.2. The van der Waals surface area contributed by atoms with Crippen LogP contribution in [0.15, 0.2) is 29.2 Å². The number of hydrogen-bond donors (Lipinski definition) is 1. The van der Waals surface area contributed by atoms with Crippen molar-refractivity contribution in [1.29, 1.82) is 0 Å². The van der Waals surface area contributed by atoms with Crippen molar-refractivity contribution in [2.75, 3.05) is 44.6 Å². The summed E-state index contributed by atoms with van der Waals surface area (Å²) in [6.07, 6.45) is 3.57. The van der Waals surface area contributed by atoms with Gasteiger partial charge in [0, 0.05) is 49.7 Å². The lowest BCUT2D eigenvalue weighted by molar-refractivity contribution is 0.0772. The predicted molar refractivity (Wildman–Crippen MR) is 143 cm³/mol. The van der Waals surface area contributed by atoms with Gasteiger partial charge >= 0.3 is 0 Å². The first-order valence-corrected chi connectivity index (χ1v) is 15.1. The maximum atomic E-state index is 13.4. The minimum Gasteiger partial charge on any atom is -0.339 e. The van der Waals surface area contributed by atoms with Crippen molar-refractivity contribution in [3.8, 4) is 0 Å². The SMILES string of the molecule is CCN1CCc2c(sc(NC(=O)c3ccc(S(=O)(=O)N4CCCCC4)cc3)c2C(=O)N(CC)CC)C1. The van der Waals surface area contributed by atoms with E-state index in [1.54, 1.807) is 17.0 Å². The van der Waals surface area contributed by atoms with E-state index in [0.717, 1.165) is 55.8 Å². The maximum absolute atomic E-state index is 13.4. The Morgan fingerprint density at radius 3 is 2.28 bits per heavy atom. The molecular weight excluding hydrogens is 496 g/mol. The van der Waals surface area contributed by atoms with Gasteiger partial charge in [-0.15, -0.1) is 11.3 Å². The molecule has 36 heavy (non-hydrogen) atoms. The van der Waals surface area contributed by atoms with E-state index in [9.17, 15) is 18.0 Å². The fourth-order valence-electron chi connectivity index (χ4n) is 4.92. The lowest BCUT2D eigenvalue weighted by Gasteiger charge is -2.26. The number of rotatable bonds is 8. The molecule has 0 spiro atoms. The van der Waals surface area contributed by atoms with E-state index in [1.165, 1.54) is 27.8 Å². The van der Waals surface area contributed by atoms with E-state index in [1.807, 2.05) is 13.8 Å². The van der Waals surface area contributed by atoms with Crippen LogP contribution in [0, 0.1) is 0 Å². The Hall–Kier alpha value is -2.27. The summed E-state index contributed by atoms with van der Waals surface area (Å²) in [6, 6.07) is 6.09. The molecule has 0 aliphatic carbocycles. The Morgan fingerprint density at radius 2 is 1.67 bits per heavy atom. The quantitative estimate of drug-likeness (QED) is 0.554. The number of likely N-dealkylation sites (N-methyl/N-ethyl adjacent to an activating group) is 1. The van der Waals surface area contributed by atoms with Gasteiger partial charge in [-0.05, 0) is 69.5 Å². The standard InChI is InChI=1S/C26H36N4O4S2/c1-4-28-17-14-21-22(18-28)35-25(23(21)26(32)29(5-2)6-3)27-24(31)19-10-12-20(13-11-19)36(33,34)30-15-8-7-9-16-30/h10-13H,4-9,14-18H2,1-3H3,(H,27,31). The lowest BCUT2D eigenvalue weighted by Crippen LogP contribution is -2.35. The van der Waals surface area contributed by atoms with Crippen LogP contribution < -0.4 is 5.32 Å². The molecule has 1 aromatic heterocycles. The van der Waals surface area contributed by atoms with Crippen LogP contribution in [0.1, 0.15) is 71.2 Å². The van der Waals surface area contributed by atoms with Crippen molar-refractivity contribution in [1.82, 2.24) is 14.1 Å². The van der Waals surface area contributed by atoms with Crippen LogP contribution in [-0.2, 0) is 23.0 Å². The Bertz CT molecular complexity index is 1200. The normalized spacial score (nSPS) is 17.0. The Kier molecular flexibility index (Phi) is 8.49. The molecule has 2 aliphatic rings. The number of nitrogens with zero attached hydrogens (tertiary/aromatic N) is 3. The van der Waals surface area contributed by atoms with Gasteiger partial charge in [0.25, 0.3) is 11.8 Å². The fraction of sp³-hybridized carbons (Fsp3) is 0.538. The number of amides is 2. The number of benzene rings is 1. The second-order valence-corrected chi connectivity index (χ2v) is 12.3. The van der Waals surface area contributed by atoms with E-state index in [-0.39, 0.29) is 16.7 Å². The zero-order valence-electron chi connectivity index (χ0n) is 21.4. The smallest absolute Gasteiger partial charge is 0.257 e. The molecule has 2 aromatic rings. The number of carbonyl (C=O) groups is 2. The highest BCUT2D eigenvalue weighted by Crippen LogP contribution is 2.38. The number of hydrogen-bond acceptors (Lipinski definition) is 6. The Morgan fingerprint density at radius 1 is 1.00 bits per heavy atom. The van der Waals surface area contributed by atoms with Crippen LogP contribution in [0.25, 0.3) is 0 Å². The number of carbonyl (C=O) groups excluding carboxylic acids is 2. The van der Waals surface area contributed by atoms with E-state index in [4.69, 9.17) is 0 Å². The summed E-state index contributed by atoms with van der Waals surface area (Å²) in [5.74, 6) is -0.405. The third kappa shape index (κ3) is 5.37. The summed E-state index contributed by atoms with van der Waals surface area (Å²) in [6.45, 7) is 10.9. The molecule has 8 nitrogen and oxygen atoms in total. The van der Waals surface area contributed by atoms with Crippen molar-refractivity contribution in [2.45, 2.75) is 57.9 Å². The zero-order chi connectivity index (χ0) is 25.9. The van der Waals surface area contributed by atoms with Gasteiger partial charge in [0.1, 0.15) is 5.00 Å². The van der Waals surface area contributed by atoms with Gasteiger partial charge in [-0.2, -0.15) is 4.31 Å². The van der Waals surface area contributed by atoms with Crippen LogP contribution in [0.3, 0.4) is 0 Å². The highest BCUT2D eigenvalue weighted by Gasteiger charge is 2.31. The Labute approximate surface area is 218 Å². The number of sulfonamides is 1. The zero-order valence-corrected chi connectivity index (χ0v) is 23.0. The molecule has 2 amide bonds. The van der Waals surface area contributed by atoms with Gasteiger partial charge in [0.05, 0.1) is 10.5 Å². The minimum atomic E-state index is -3.56. The molecule has 1 N–H and O–H groups in total. The number of thiophene rings is 1. The summed E-state index contributed by atoms with van der Waals surface area (Å²) >= 11 is 1.47. The fourth-order valence-corrected chi connectivity index (χ4v) is 7.71. The first-order valence-electron chi connectivity index (χ1n) is 12.9. The lowest BCUT2D eigenvalue weighted by atomic mass is 10.0. The maximum Gasteiger partial charge on any atom is 0.257 e. The molecule has 0 radical (unpaired) electrons. The number of piperidine rings is 1. The van der Waals surface area contributed by atoms with Crippen molar-refractivity contribution in [3.63, 3.8) is 0 Å².